The van der Waals surface area contributed by atoms with Crippen molar-refractivity contribution in [2.75, 3.05) is 57.4 Å². The number of hydrogen-bond acceptors (Lipinski definition) is 12. The molecule has 3 fully saturated rings. The Labute approximate surface area is 386 Å². The molecule has 0 spiro atoms. The van der Waals surface area contributed by atoms with Crippen LogP contribution in [0.25, 0.3) is 0 Å². The fourth-order valence-corrected chi connectivity index (χ4v) is 9.62. The van der Waals surface area contributed by atoms with Gasteiger partial charge in [-0.15, -0.1) is 0 Å². The molecule has 16 nitrogen and oxygen atoms in total. The highest BCUT2D eigenvalue weighted by atomic mass is 35.5. The number of halogens is 1. The lowest BCUT2D eigenvalue weighted by molar-refractivity contribution is -0.164. The predicted octanol–water partition coefficient (Wildman–Crippen LogP) is 4.04. The van der Waals surface area contributed by atoms with Crippen LogP contribution < -0.4 is 25.6 Å². The van der Waals surface area contributed by atoms with Gasteiger partial charge in [0.1, 0.15) is 42.4 Å². The van der Waals surface area contributed by atoms with Gasteiger partial charge in [0.25, 0.3) is 5.91 Å². The summed E-state index contributed by atoms with van der Waals surface area (Å²) in [6.45, 7) is 17.4. The maximum Gasteiger partial charge on any atom is 0.253 e. The van der Waals surface area contributed by atoms with Crippen LogP contribution in [0, 0.1) is 38.9 Å². The van der Waals surface area contributed by atoms with Crippen molar-refractivity contribution < 1.29 is 33.8 Å². The molecular formula is C48H60ClN9O7. The van der Waals surface area contributed by atoms with Crippen molar-refractivity contribution in [1.82, 2.24) is 30.7 Å². The lowest BCUT2D eigenvalue weighted by Gasteiger charge is -2.63. The summed E-state index contributed by atoms with van der Waals surface area (Å²) < 4.78 is 12.1. The smallest absolute Gasteiger partial charge is 0.253 e. The third-order valence-corrected chi connectivity index (χ3v) is 13.1. The maximum absolute atomic E-state index is 13.9. The average molecular weight is 911 g/mol. The normalized spacial score (nSPS) is 21.8. The number of aliphatic hydroxyl groups excluding tert-OH is 1. The first kappa shape index (κ1) is 48.7. The molecule has 6 rings (SSSR count). The Morgan fingerprint density at radius 2 is 1.66 bits per heavy atom. The fourth-order valence-electron chi connectivity index (χ4n) is 9.40. The number of pyridine rings is 1. The monoisotopic (exact) mass is 909 g/mol. The number of β-amino-alcohol motifs (C(OH)–C–C–N with tert-alkyl or cyclic N) is 1. The van der Waals surface area contributed by atoms with Gasteiger partial charge in [0.05, 0.1) is 40.5 Å². The molecule has 1 unspecified atom stereocenters. The third kappa shape index (κ3) is 11.4. The Hall–Kier alpha value is -5.78. The first-order chi connectivity index (χ1) is 30.7. The molecule has 2 aromatic carbocycles. The van der Waals surface area contributed by atoms with Crippen LogP contribution in [0.2, 0.25) is 5.02 Å². The molecule has 2 saturated heterocycles. The SMILES string of the molecule is CC(C)(C)C(NC(=O)COCCN1CCN(c2ccc(C(=O)N[C@H]3C(C)(C)[C@H](Oc4ccc(C#N)c(Cl)c4)C3(C)C)cn2)CC1)C(=O)N1C[C@H](O)C[C@H]1C(=O)NCc1ccc(C#N)cc1. The van der Waals surface area contributed by atoms with Gasteiger partial charge >= 0.3 is 0 Å². The van der Waals surface area contributed by atoms with E-state index in [1.165, 1.54) is 4.90 Å². The first-order valence-electron chi connectivity index (χ1n) is 22.0. The van der Waals surface area contributed by atoms with E-state index in [0.29, 0.717) is 53.7 Å². The first-order valence-corrected chi connectivity index (χ1v) is 22.3. The number of benzene rings is 2. The van der Waals surface area contributed by atoms with Gasteiger partial charge in [-0.05, 0) is 47.4 Å². The van der Waals surface area contributed by atoms with E-state index in [1.807, 2.05) is 26.8 Å². The largest absolute Gasteiger partial charge is 0.489 e. The van der Waals surface area contributed by atoms with E-state index in [2.05, 4.69) is 70.6 Å². The summed E-state index contributed by atoms with van der Waals surface area (Å²) in [5.74, 6) is -0.205. The topological polar surface area (TPSA) is 213 Å². The molecule has 346 valence electrons. The molecule has 0 radical (unpaired) electrons. The Morgan fingerprint density at radius 1 is 0.969 bits per heavy atom. The van der Waals surface area contributed by atoms with Crippen LogP contribution in [0.4, 0.5) is 5.82 Å². The summed E-state index contributed by atoms with van der Waals surface area (Å²) in [5.41, 5.74) is 0.620. The Bertz CT molecular complexity index is 2280. The van der Waals surface area contributed by atoms with Crippen molar-refractivity contribution in [1.29, 1.82) is 10.5 Å². The minimum absolute atomic E-state index is 0.0333. The van der Waals surface area contributed by atoms with Crippen LogP contribution in [-0.2, 0) is 25.7 Å². The van der Waals surface area contributed by atoms with E-state index in [1.54, 1.807) is 54.7 Å². The minimum Gasteiger partial charge on any atom is -0.489 e. The number of hydrogen-bond donors (Lipinski definition) is 4. The molecule has 1 aliphatic carbocycles. The van der Waals surface area contributed by atoms with Gasteiger partial charge in [0, 0.05) is 81.4 Å². The molecule has 4 amide bonds. The zero-order chi connectivity index (χ0) is 47.3. The van der Waals surface area contributed by atoms with E-state index in [9.17, 15) is 29.5 Å². The van der Waals surface area contributed by atoms with Gasteiger partial charge < -0.3 is 40.3 Å². The lowest BCUT2D eigenvalue weighted by Crippen LogP contribution is -2.74. The number of anilines is 1. The van der Waals surface area contributed by atoms with Crippen molar-refractivity contribution in [2.24, 2.45) is 16.2 Å². The molecular weight excluding hydrogens is 850 g/mol. The Kier molecular flexibility index (Phi) is 15.1. The molecule has 3 atom stereocenters. The number of likely N-dealkylation sites (tertiary alicyclic amines) is 1. The Morgan fingerprint density at radius 3 is 2.26 bits per heavy atom. The van der Waals surface area contributed by atoms with Gasteiger partial charge in [0.15, 0.2) is 0 Å². The maximum atomic E-state index is 13.9. The predicted molar refractivity (Wildman–Crippen MR) is 244 cm³/mol. The summed E-state index contributed by atoms with van der Waals surface area (Å²) in [7, 11) is 0. The molecule has 4 N–H and O–H groups in total. The second kappa shape index (κ2) is 20.2. The zero-order valence-corrected chi connectivity index (χ0v) is 38.9. The number of amides is 4. The van der Waals surface area contributed by atoms with Gasteiger partial charge in [-0.2, -0.15) is 10.5 Å². The van der Waals surface area contributed by atoms with Gasteiger partial charge in [-0.3, -0.25) is 24.1 Å². The Balaban J connectivity index is 0.917. The average Bonchev–Trinajstić information content (AvgIpc) is 3.68. The third-order valence-electron chi connectivity index (χ3n) is 12.8. The van der Waals surface area contributed by atoms with Crippen molar-refractivity contribution >= 4 is 41.0 Å². The number of nitrogens with one attached hydrogen (secondary N) is 3. The van der Waals surface area contributed by atoms with E-state index in [4.69, 9.17) is 26.3 Å². The molecule has 3 aliphatic rings. The highest BCUT2D eigenvalue weighted by Crippen LogP contribution is 2.55. The highest BCUT2D eigenvalue weighted by Gasteiger charge is 2.64. The number of carbonyl (C=O) groups is 4. The second-order valence-electron chi connectivity index (χ2n) is 19.4. The van der Waals surface area contributed by atoms with E-state index in [0.717, 1.165) is 24.5 Å². The quantitative estimate of drug-likeness (QED) is 0.159. The van der Waals surface area contributed by atoms with Crippen LogP contribution in [0.3, 0.4) is 0 Å². The van der Waals surface area contributed by atoms with Crippen LogP contribution >= 0.6 is 11.6 Å². The lowest BCUT2D eigenvalue weighted by atomic mass is 9.49. The molecule has 17 heteroatoms. The summed E-state index contributed by atoms with van der Waals surface area (Å²) in [5, 5.41) is 38.0. The number of aromatic nitrogens is 1. The fraction of sp³-hybridized carbons (Fsp3) is 0.521. The molecule has 0 bridgehead atoms. The number of nitrogens with zero attached hydrogens (tertiary/aromatic N) is 6. The number of carbonyl (C=O) groups excluding carboxylic acids is 4. The van der Waals surface area contributed by atoms with Crippen molar-refractivity contribution in [3.63, 3.8) is 0 Å². The summed E-state index contributed by atoms with van der Waals surface area (Å²) >= 11 is 6.24. The number of aliphatic hydroxyl groups is 1. The summed E-state index contributed by atoms with van der Waals surface area (Å²) in [4.78, 5) is 64.1. The van der Waals surface area contributed by atoms with Crippen LogP contribution in [0.1, 0.15) is 81.9 Å². The molecule has 1 aromatic heterocycles. The number of rotatable bonds is 15. The molecule has 65 heavy (non-hydrogen) atoms. The van der Waals surface area contributed by atoms with Crippen LogP contribution in [-0.4, -0.2) is 126 Å². The van der Waals surface area contributed by atoms with Crippen LogP contribution in [0.5, 0.6) is 5.75 Å². The van der Waals surface area contributed by atoms with E-state index < -0.39 is 52.2 Å². The van der Waals surface area contributed by atoms with Gasteiger partial charge in [-0.25, -0.2) is 4.98 Å². The molecule has 1 saturated carbocycles. The van der Waals surface area contributed by atoms with Crippen molar-refractivity contribution in [3.8, 4) is 17.9 Å². The van der Waals surface area contributed by atoms with Crippen molar-refractivity contribution in [3.05, 3.63) is 88.1 Å². The molecule has 3 heterocycles. The molecule has 3 aromatic rings. The van der Waals surface area contributed by atoms with E-state index in [-0.39, 0.29) is 44.2 Å². The molecule has 2 aliphatic heterocycles. The van der Waals surface area contributed by atoms with Gasteiger partial charge in [-0.1, -0.05) is 72.2 Å². The summed E-state index contributed by atoms with van der Waals surface area (Å²) in [6, 6.07) is 17.5. The minimum atomic E-state index is -0.972. The van der Waals surface area contributed by atoms with E-state index >= 15 is 0 Å². The number of piperazine rings is 1. The van der Waals surface area contributed by atoms with Gasteiger partial charge in [0.2, 0.25) is 17.7 Å². The number of nitriles is 2. The highest BCUT2D eigenvalue weighted by molar-refractivity contribution is 6.31. The zero-order valence-electron chi connectivity index (χ0n) is 38.2. The van der Waals surface area contributed by atoms with Crippen LogP contribution in [0.15, 0.2) is 60.8 Å². The second-order valence-corrected chi connectivity index (χ2v) is 19.8. The van der Waals surface area contributed by atoms with Crippen molar-refractivity contribution in [2.45, 2.75) is 91.8 Å². The number of ether oxygens (including phenoxy) is 2. The summed E-state index contributed by atoms with van der Waals surface area (Å²) in [6.07, 6.45) is 0.567. The standard InChI is InChI=1S/C48H60ClN9O7/c1-46(2,3)40(43(63)58-28-34(59)22-37(58)42(62)53-26-31-10-8-30(24-50)9-11-31)54-39(60)29-64-21-20-56-16-18-57(19-17-56)38-15-13-33(27-52-38)41(61)55-44-47(4,5)45(48(44,6)7)65-35-14-12-32(25-51)36(49)23-35/h8-15,23,27,34,37,40,44-45,59H,16-22,26,28-29H2,1-7H3,(H,53,62)(H,54,60)(H,55,61)/t34-,37+,40?,44-,45-/m1/s1.